The smallest absolute Gasteiger partial charge is 0.312 e. The molecule has 0 fully saturated rings. The molecule has 0 aliphatic carbocycles. The van der Waals surface area contributed by atoms with Gasteiger partial charge < -0.3 is 21.1 Å². The van der Waals surface area contributed by atoms with Crippen molar-refractivity contribution in [3.8, 4) is 0 Å². The van der Waals surface area contributed by atoms with Crippen LogP contribution in [0.3, 0.4) is 0 Å². The number of esters is 1. The lowest BCUT2D eigenvalue weighted by Crippen LogP contribution is -2.36. The van der Waals surface area contributed by atoms with Crippen molar-refractivity contribution in [2.75, 3.05) is 5.32 Å². The van der Waals surface area contributed by atoms with E-state index in [-0.39, 0.29) is 6.42 Å². The summed E-state index contributed by atoms with van der Waals surface area (Å²) in [5.41, 5.74) is 6.41. The number of benzene rings is 2. The molecule has 0 aromatic heterocycles. The van der Waals surface area contributed by atoms with Crippen LogP contribution in [0.1, 0.15) is 24.9 Å². The van der Waals surface area contributed by atoms with E-state index in [1.807, 2.05) is 6.07 Å². The van der Waals surface area contributed by atoms with Crippen molar-refractivity contribution in [3.63, 3.8) is 0 Å². The van der Waals surface area contributed by atoms with E-state index in [9.17, 15) is 14.4 Å². The van der Waals surface area contributed by atoms with Gasteiger partial charge in [-0.05, 0) is 36.8 Å². The first kappa shape index (κ1) is 20.3. The Balaban J connectivity index is 1.96. The SMILES string of the molecule is C[C@H](OC(=O)C[C@H](NC(N)=O)c1ccc(Cl)cc1)C(=O)Nc1ccccc1. The highest BCUT2D eigenvalue weighted by molar-refractivity contribution is 6.30. The van der Waals surface area contributed by atoms with E-state index in [1.165, 1.54) is 6.92 Å². The van der Waals surface area contributed by atoms with Gasteiger partial charge in [-0.15, -0.1) is 0 Å². The van der Waals surface area contributed by atoms with Crippen molar-refractivity contribution in [3.05, 3.63) is 65.2 Å². The number of ether oxygens (including phenoxy) is 1. The van der Waals surface area contributed by atoms with E-state index in [0.29, 0.717) is 16.3 Å². The van der Waals surface area contributed by atoms with Gasteiger partial charge in [-0.1, -0.05) is 41.9 Å². The van der Waals surface area contributed by atoms with E-state index in [2.05, 4.69) is 10.6 Å². The Hall–Kier alpha value is -3.06. The first-order chi connectivity index (χ1) is 12.8. The molecule has 0 saturated heterocycles. The van der Waals surface area contributed by atoms with Gasteiger partial charge >= 0.3 is 12.0 Å². The Morgan fingerprint density at radius 1 is 1.07 bits per heavy atom. The summed E-state index contributed by atoms with van der Waals surface area (Å²) in [7, 11) is 0. The van der Waals surface area contributed by atoms with E-state index < -0.39 is 30.1 Å². The number of anilines is 1. The summed E-state index contributed by atoms with van der Waals surface area (Å²) in [5.74, 6) is -1.11. The third-order valence-electron chi connectivity index (χ3n) is 3.68. The summed E-state index contributed by atoms with van der Waals surface area (Å²) < 4.78 is 5.17. The summed E-state index contributed by atoms with van der Waals surface area (Å²) >= 11 is 5.85. The molecule has 27 heavy (non-hydrogen) atoms. The lowest BCUT2D eigenvalue weighted by molar-refractivity contribution is -0.153. The molecule has 3 amide bonds. The second kappa shape index (κ2) is 9.59. The molecule has 0 aliphatic rings. The average molecular weight is 390 g/mol. The molecule has 0 spiro atoms. The van der Waals surface area contributed by atoms with Crippen molar-refractivity contribution < 1.29 is 19.1 Å². The average Bonchev–Trinajstić information content (AvgIpc) is 2.62. The number of hydrogen-bond acceptors (Lipinski definition) is 4. The van der Waals surface area contributed by atoms with Crippen LogP contribution in [0.2, 0.25) is 5.02 Å². The Labute approximate surface area is 161 Å². The van der Waals surface area contributed by atoms with Crippen LogP contribution in [-0.4, -0.2) is 24.0 Å². The van der Waals surface area contributed by atoms with Crippen LogP contribution < -0.4 is 16.4 Å². The Morgan fingerprint density at radius 3 is 2.30 bits per heavy atom. The van der Waals surface area contributed by atoms with Crippen LogP contribution in [0.5, 0.6) is 0 Å². The first-order valence-corrected chi connectivity index (χ1v) is 8.60. The van der Waals surface area contributed by atoms with Gasteiger partial charge in [0.25, 0.3) is 5.91 Å². The molecule has 4 N–H and O–H groups in total. The summed E-state index contributed by atoms with van der Waals surface area (Å²) in [5, 5.41) is 5.65. The fourth-order valence-electron chi connectivity index (χ4n) is 2.35. The third-order valence-corrected chi connectivity index (χ3v) is 3.93. The molecule has 2 aromatic rings. The quantitative estimate of drug-likeness (QED) is 0.632. The number of hydrogen-bond donors (Lipinski definition) is 3. The fourth-order valence-corrected chi connectivity index (χ4v) is 2.48. The zero-order chi connectivity index (χ0) is 19.8. The maximum atomic E-state index is 12.2. The van der Waals surface area contributed by atoms with E-state index in [4.69, 9.17) is 22.1 Å². The lowest BCUT2D eigenvalue weighted by atomic mass is 10.0. The van der Waals surface area contributed by atoms with Gasteiger partial charge in [0.15, 0.2) is 6.10 Å². The van der Waals surface area contributed by atoms with Crippen molar-refractivity contribution >= 4 is 35.2 Å². The maximum absolute atomic E-state index is 12.2. The van der Waals surface area contributed by atoms with Crippen LogP contribution >= 0.6 is 11.6 Å². The number of rotatable bonds is 7. The predicted octanol–water partition coefficient (Wildman–Crippen LogP) is 3.01. The molecule has 2 atom stereocenters. The molecule has 0 unspecified atom stereocenters. The van der Waals surface area contributed by atoms with Crippen LogP contribution in [0.4, 0.5) is 10.5 Å². The van der Waals surface area contributed by atoms with E-state index >= 15 is 0 Å². The molecule has 2 rings (SSSR count). The summed E-state index contributed by atoms with van der Waals surface area (Å²) in [6.07, 6.45) is -1.19. The Bertz CT molecular complexity index is 796. The van der Waals surface area contributed by atoms with Gasteiger partial charge in [0.05, 0.1) is 12.5 Å². The van der Waals surface area contributed by atoms with Crippen molar-refractivity contribution in [1.82, 2.24) is 5.32 Å². The number of carbonyl (C=O) groups is 3. The monoisotopic (exact) mass is 389 g/mol. The molecule has 2 aromatic carbocycles. The number of nitrogens with two attached hydrogens (primary N) is 1. The lowest BCUT2D eigenvalue weighted by Gasteiger charge is -2.19. The number of urea groups is 1. The highest BCUT2D eigenvalue weighted by atomic mass is 35.5. The van der Waals surface area contributed by atoms with E-state index in [1.54, 1.807) is 48.5 Å². The molecule has 0 bridgehead atoms. The van der Waals surface area contributed by atoms with Crippen molar-refractivity contribution in [2.24, 2.45) is 5.73 Å². The minimum Gasteiger partial charge on any atom is -0.452 e. The summed E-state index contributed by atoms with van der Waals surface area (Å²) in [6.45, 7) is 1.47. The van der Waals surface area contributed by atoms with Gasteiger partial charge in [-0.2, -0.15) is 0 Å². The summed E-state index contributed by atoms with van der Waals surface area (Å²) in [6, 6.07) is 13.9. The minimum absolute atomic E-state index is 0.187. The summed E-state index contributed by atoms with van der Waals surface area (Å²) in [4.78, 5) is 35.6. The maximum Gasteiger partial charge on any atom is 0.312 e. The van der Waals surface area contributed by atoms with Gasteiger partial charge in [0.2, 0.25) is 0 Å². The molecule has 0 aliphatic heterocycles. The normalized spacial score (nSPS) is 12.5. The zero-order valence-electron chi connectivity index (χ0n) is 14.6. The molecule has 8 heteroatoms. The second-order valence-electron chi connectivity index (χ2n) is 5.80. The first-order valence-electron chi connectivity index (χ1n) is 8.22. The van der Waals surface area contributed by atoms with Gasteiger partial charge in [0.1, 0.15) is 0 Å². The van der Waals surface area contributed by atoms with Gasteiger partial charge in [-0.25, -0.2) is 4.79 Å². The zero-order valence-corrected chi connectivity index (χ0v) is 15.4. The standard InChI is InChI=1S/C19H20ClN3O4/c1-12(18(25)22-15-5-3-2-4-6-15)27-17(24)11-16(23-19(21)26)13-7-9-14(20)10-8-13/h2-10,12,16H,11H2,1H3,(H,22,25)(H3,21,23,26)/t12-,16-/m0/s1. The Kier molecular flexibility index (Phi) is 7.19. The van der Waals surface area contributed by atoms with E-state index in [0.717, 1.165) is 0 Å². The van der Waals surface area contributed by atoms with Gasteiger partial charge in [0, 0.05) is 10.7 Å². The second-order valence-corrected chi connectivity index (χ2v) is 6.24. The fraction of sp³-hybridized carbons (Fsp3) is 0.211. The molecular weight excluding hydrogens is 370 g/mol. The number of carbonyl (C=O) groups excluding carboxylic acids is 3. The molecule has 0 heterocycles. The van der Waals surface area contributed by atoms with Crippen molar-refractivity contribution in [1.29, 1.82) is 0 Å². The van der Waals surface area contributed by atoms with Crippen LogP contribution in [0, 0.1) is 0 Å². The largest absolute Gasteiger partial charge is 0.452 e. The number of nitrogens with one attached hydrogen (secondary N) is 2. The van der Waals surface area contributed by atoms with Gasteiger partial charge in [-0.3, -0.25) is 9.59 Å². The number of primary amides is 1. The Morgan fingerprint density at radius 2 is 1.70 bits per heavy atom. The third kappa shape index (κ3) is 6.63. The van der Waals surface area contributed by atoms with Crippen molar-refractivity contribution in [2.45, 2.75) is 25.5 Å². The minimum atomic E-state index is -1.00. The topological polar surface area (TPSA) is 111 Å². The molecule has 7 nitrogen and oxygen atoms in total. The highest BCUT2D eigenvalue weighted by Crippen LogP contribution is 2.20. The molecule has 0 saturated carbocycles. The van der Waals surface area contributed by atoms with Crippen LogP contribution in [0.15, 0.2) is 54.6 Å². The van der Waals surface area contributed by atoms with Crippen LogP contribution in [0.25, 0.3) is 0 Å². The predicted molar refractivity (Wildman–Crippen MR) is 102 cm³/mol. The number of para-hydroxylation sites is 1. The van der Waals surface area contributed by atoms with Crippen LogP contribution in [-0.2, 0) is 14.3 Å². The molecular formula is C19H20ClN3O4. The molecule has 142 valence electrons. The molecule has 0 radical (unpaired) electrons. The number of halogens is 1. The highest BCUT2D eigenvalue weighted by Gasteiger charge is 2.22. The number of amides is 3.